The fourth-order valence-corrected chi connectivity index (χ4v) is 5.11. The van der Waals surface area contributed by atoms with Gasteiger partial charge in [-0.1, -0.05) is 41.9 Å². The molecule has 8 nitrogen and oxygen atoms in total. The van der Waals surface area contributed by atoms with Crippen LogP contribution in [0.15, 0.2) is 53.4 Å². The second-order valence-corrected chi connectivity index (χ2v) is 9.88. The number of hydrogen-bond acceptors (Lipinski definition) is 6. The molecule has 0 saturated carbocycles. The van der Waals surface area contributed by atoms with Crippen molar-refractivity contribution in [2.24, 2.45) is 0 Å². The van der Waals surface area contributed by atoms with Gasteiger partial charge in [0.15, 0.2) is 0 Å². The molecule has 10 heteroatoms. The van der Waals surface area contributed by atoms with Gasteiger partial charge in [-0.25, -0.2) is 8.42 Å². The Morgan fingerprint density at radius 2 is 1.91 bits per heavy atom. The van der Waals surface area contributed by atoms with E-state index in [2.05, 4.69) is 14.9 Å². The predicted molar refractivity (Wildman–Crippen MR) is 127 cm³/mol. The van der Waals surface area contributed by atoms with E-state index in [9.17, 15) is 13.2 Å². The highest BCUT2D eigenvalue weighted by molar-refractivity contribution is 7.89. The first-order valence-electron chi connectivity index (χ1n) is 10.9. The average molecular weight is 496 g/mol. The van der Waals surface area contributed by atoms with E-state index < -0.39 is 16.1 Å². The van der Waals surface area contributed by atoms with E-state index in [1.54, 1.807) is 0 Å². The van der Waals surface area contributed by atoms with Crippen LogP contribution in [0.3, 0.4) is 0 Å². The van der Waals surface area contributed by atoms with Crippen LogP contribution >= 0.6 is 11.6 Å². The van der Waals surface area contributed by atoms with Crippen molar-refractivity contribution < 1.29 is 22.7 Å². The number of carbonyl (C=O) groups excluding carboxylic acids is 1. The number of sulfonamides is 1. The molecule has 1 atom stereocenters. The van der Waals surface area contributed by atoms with Crippen LogP contribution in [0.2, 0.25) is 5.02 Å². The summed E-state index contributed by atoms with van der Waals surface area (Å²) in [6, 6.07) is 12.5. The van der Waals surface area contributed by atoms with E-state index in [1.807, 2.05) is 30.3 Å². The first-order chi connectivity index (χ1) is 15.9. The van der Waals surface area contributed by atoms with Gasteiger partial charge in [-0.05, 0) is 43.1 Å². The molecule has 180 valence electrons. The molecular weight excluding hydrogens is 466 g/mol. The van der Waals surface area contributed by atoms with Gasteiger partial charge in [0.2, 0.25) is 15.9 Å². The molecule has 0 bridgehead atoms. The number of benzene rings is 2. The van der Waals surface area contributed by atoms with Gasteiger partial charge in [-0.2, -0.15) is 4.72 Å². The summed E-state index contributed by atoms with van der Waals surface area (Å²) in [5.74, 6) is -0.00141. The van der Waals surface area contributed by atoms with E-state index >= 15 is 0 Å². The number of ether oxygens (including phenoxy) is 2. The fourth-order valence-electron chi connectivity index (χ4n) is 3.57. The van der Waals surface area contributed by atoms with Crippen LogP contribution in [0.1, 0.15) is 12.0 Å². The van der Waals surface area contributed by atoms with Crippen molar-refractivity contribution in [2.45, 2.75) is 23.8 Å². The van der Waals surface area contributed by atoms with Crippen molar-refractivity contribution in [2.75, 3.05) is 46.5 Å². The summed E-state index contributed by atoms with van der Waals surface area (Å²) in [6.45, 7) is 4.52. The Labute approximate surface area is 200 Å². The molecule has 1 aliphatic heterocycles. The van der Waals surface area contributed by atoms with E-state index in [0.717, 1.165) is 44.8 Å². The molecule has 0 spiro atoms. The monoisotopic (exact) mass is 495 g/mol. The lowest BCUT2D eigenvalue weighted by atomic mass is 10.1. The molecule has 33 heavy (non-hydrogen) atoms. The van der Waals surface area contributed by atoms with Gasteiger partial charge in [-0.3, -0.25) is 9.69 Å². The van der Waals surface area contributed by atoms with Crippen LogP contribution in [-0.2, 0) is 26.0 Å². The van der Waals surface area contributed by atoms with Crippen LogP contribution in [0.4, 0.5) is 0 Å². The summed E-state index contributed by atoms with van der Waals surface area (Å²) in [6.07, 6.45) is 0.990. The minimum atomic E-state index is -3.99. The van der Waals surface area contributed by atoms with Crippen LogP contribution in [0.5, 0.6) is 5.75 Å². The maximum atomic E-state index is 13.0. The summed E-state index contributed by atoms with van der Waals surface area (Å²) >= 11 is 6.10. The topological polar surface area (TPSA) is 97.0 Å². The molecule has 2 N–H and O–H groups in total. The maximum Gasteiger partial charge on any atom is 0.241 e. The first-order valence-corrected chi connectivity index (χ1v) is 12.7. The van der Waals surface area contributed by atoms with Gasteiger partial charge in [-0.15, -0.1) is 0 Å². The number of hydrogen-bond donors (Lipinski definition) is 2. The van der Waals surface area contributed by atoms with Gasteiger partial charge in [0.05, 0.1) is 30.2 Å². The Kier molecular flexibility index (Phi) is 9.52. The Hall–Kier alpha value is -2.17. The lowest BCUT2D eigenvalue weighted by molar-refractivity contribution is -0.122. The van der Waals surface area contributed by atoms with E-state index in [1.165, 1.54) is 25.3 Å². The average Bonchev–Trinajstić information content (AvgIpc) is 2.82. The number of nitrogens with one attached hydrogen (secondary N) is 2. The smallest absolute Gasteiger partial charge is 0.241 e. The Morgan fingerprint density at radius 1 is 1.18 bits per heavy atom. The van der Waals surface area contributed by atoms with E-state index in [0.29, 0.717) is 12.3 Å². The minimum Gasteiger partial charge on any atom is -0.495 e. The molecule has 1 saturated heterocycles. The first kappa shape index (κ1) is 25.5. The summed E-state index contributed by atoms with van der Waals surface area (Å²) in [7, 11) is -2.54. The lowest BCUT2D eigenvalue weighted by Gasteiger charge is -2.26. The molecule has 3 rings (SSSR count). The molecule has 0 radical (unpaired) electrons. The molecule has 2 aromatic carbocycles. The normalized spacial score (nSPS) is 15.7. The SMILES string of the molecule is COc1ccc(S(=O)(=O)N[C@H](Cc2ccccc2)C(=O)NCCCN2CCOCC2)cc1Cl. The quantitative estimate of drug-likeness (QED) is 0.463. The van der Waals surface area contributed by atoms with E-state index in [-0.39, 0.29) is 22.2 Å². The third-order valence-corrected chi connectivity index (χ3v) is 7.15. The minimum absolute atomic E-state index is 0.0357. The predicted octanol–water partition coefficient (Wildman–Crippen LogP) is 2.08. The Morgan fingerprint density at radius 3 is 2.58 bits per heavy atom. The number of methoxy groups -OCH3 is 1. The summed E-state index contributed by atoms with van der Waals surface area (Å²) in [4.78, 5) is 15.2. The fraction of sp³-hybridized carbons (Fsp3) is 0.435. The maximum absolute atomic E-state index is 13.0. The second kappa shape index (κ2) is 12.3. The van der Waals surface area contributed by atoms with Gasteiger partial charge < -0.3 is 14.8 Å². The summed E-state index contributed by atoms with van der Waals surface area (Å²) in [5, 5.41) is 3.05. The molecular formula is C23H30ClN3O5S. The van der Waals surface area contributed by atoms with E-state index in [4.69, 9.17) is 21.1 Å². The number of nitrogens with zero attached hydrogens (tertiary/aromatic N) is 1. The number of amides is 1. The van der Waals surface area contributed by atoms with Gasteiger partial charge in [0.25, 0.3) is 0 Å². The number of halogens is 1. The number of carbonyl (C=O) groups is 1. The number of morpholine rings is 1. The third kappa shape index (κ3) is 7.68. The van der Waals surface area contributed by atoms with Crippen molar-refractivity contribution >= 4 is 27.5 Å². The zero-order chi connectivity index (χ0) is 23.7. The molecule has 1 amide bonds. The highest BCUT2D eigenvalue weighted by Gasteiger charge is 2.26. The Bertz CT molecular complexity index is 1010. The third-order valence-electron chi connectivity index (χ3n) is 5.38. The van der Waals surface area contributed by atoms with Crippen molar-refractivity contribution in [3.05, 3.63) is 59.1 Å². The molecule has 1 fully saturated rings. The van der Waals surface area contributed by atoms with Gasteiger partial charge >= 0.3 is 0 Å². The lowest BCUT2D eigenvalue weighted by Crippen LogP contribution is -2.48. The zero-order valence-corrected chi connectivity index (χ0v) is 20.2. The standard InChI is InChI=1S/C23H30ClN3O5S/c1-31-22-9-8-19(17-20(22)24)33(29,30)26-21(16-18-6-3-2-4-7-18)23(28)25-10-5-11-27-12-14-32-15-13-27/h2-4,6-9,17,21,26H,5,10-16H2,1H3,(H,25,28)/t21-/m1/s1. The molecule has 0 aliphatic carbocycles. The highest BCUT2D eigenvalue weighted by Crippen LogP contribution is 2.27. The summed E-state index contributed by atoms with van der Waals surface area (Å²) < 4.78 is 39.0. The molecule has 0 aromatic heterocycles. The molecule has 0 unspecified atom stereocenters. The van der Waals surface area contributed by atoms with Crippen molar-refractivity contribution in [3.63, 3.8) is 0 Å². The second-order valence-electron chi connectivity index (χ2n) is 7.76. The van der Waals surface area contributed by atoms with Crippen LogP contribution < -0.4 is 14.8 Å². The largest absolute Gasteiger partial charge is 0.495 e. The molecule has 2 aromatic rings. The van der Waals surface area contributed by atoms with Crippen molar-refractivity contribution in [1.82, 2.24) is 14.9 Å². The van der Waals surface area contributed by atoms with Crippen LogP contribution in [-0.4, -0.2) is 71.8 Å². The molecule has 1 heterocycles. The van der Waals surface area contributed by atoms with Crippen LogP contribution in [0.25, 0.3) is 0 Å². The van der Waals surface area contributed by atoms with Crippen molar-refractivity contribution in [1.29, 1.82) is 0 Å². The number of rotatable bonds is 11. The summed E-state index contributed by atoms with van der Waals surface area (Å²) in [5.41, 5.74) is 0.849. The van der Waals surface area contributed by atoms with Crippen molar-refractivity contribution in [3.8, 4) is 5.75 Å². The molecule has 1 aliphatic rings. The van der Waals surface area contributed by atoms with Gasteiger partial charge in [0.1, 0.15) is 11.8 Å². The highest BCUT2D eigenvalue weighted by atomic mass is 35.5. The van der Waals surface area contributed by atoms with Crippen LogP contribution in [0, 0.1) is 0 Å². The Balaban J connectivity index is 1.66. The zero-order valence-electron chi connectivity index (χ0n) is 18.6. The van der Waals surface area contributed by atoms with Gasteiger partial charge in [0, 0.05) is 19.6 Å².